The summed E-state index contributed by atoms with van der Waals surface area (Å²) in [6.07, 6.45) is 3.21. The van der Waals surface area contributed by atoms with Crippen molar-refractivity contribution in [2.24, 2.45) is 0 Å². The Balaban J connectivity index is 2.22. The van der Waals surface area contributed by atoms with Gasteiger partial charge in [0.25, 0.3) is 0 Å². The van der Waals surface area contributed by atoms with Crippen molar-refractivity contribution in [3.8, 4) is 0 Å². The summed E-state index contributed by atoms with van der Waals surface area (Å²) in [6.45, 7) is 0. The van der Waals surface area contributed by atoms with E-state index in [-0.39, 0.29) is 5.95 Å². The molecule has 0 spiro atoms. The van der Waals surface area contributed by atoms with Gasteiger partial charge in [-0.15, -0.1) is 0 Å². The van der Waals surface area contributed by atoms with Crippen LogP contribution in [0.1, 0.15) is 0 Å². The largest absolute Gasteiger partial charge is 0.397 e. The minimum atomic E-state index is 0.251. The Labute approximate surface area is 87.2 Å². The van der Waals surface area contributed by atoms with Crippen LogP contribution in [-0.2, 0) is 0 Å². The second kappa shape index (κ2) is 3.83. The summed E-state index contributed by atoms with van der Waals surface area (Å²) < 4.78 is 0. The molecule has 0 saturated carbocycles. The smallest absolute Gasteiger partial charge is 0.220 e. The lowest BCUT2D eigenvalue weighted by molar-refractivity contribution is 1.19. The zero-order chi connectivity index (χ0) is 10.7. The van der Waals surface area contributed by atoms with Crippen molar-refractivity contribution >= 4 is 23.0 Å². The van der Waals surface area contributed by atoms with Crippen LogP contribution in [0.4, 0.5) is 23.0 Å². The first-order chi connectivity index (χ1) is 7.25. The number of nitrogens with zero attached hydrogens (tertiary/aromatic N) is 2. The summed E-state index contributed by atoms with van der Waals surface area (Å²) in [7, 11) is 0. The molecular formula is C10H11N5. The van der Waals surface area contributed by atoms with E-state index in [1.165, 1.54) is 0 Å². The summed E-state index contributed by atoms with van der Waals surface area (Å²) in [4.78, 5) is 7.74. The van der Waals surface area contributed by atoms with Gasteiger partial charge in [0.05, 0.1) is 29.5 Å². The molecule has 1 aromatic heterocycles. The maximum atomic E-state index is 5.77. The molecule has 2 aromatic rings. The van der Waals surface area contributed by atoms with Crippen LogP contribution in [0.5, 0.6) is 0 Å². The van der Waals surface area contributed by atoms with E-state index in [0.29, 0.717) is 5.69 Å². The van der Waals surface area contributed by atoms with E-state index in [4.69, 9.17) is 11.5 Å². The van der Waals surface area contributed by atoms with Crippen LogP contribution >= 0.6 is 0 Å². The van der Waals surface area contributed by atoms with Gasteiger partial charge in [0.2, 0.25) is 5.95 Å². The lowest BCUT2D eigenvalue weighted by atomic mass is 10.2. The number of nitrogens with two attached hydrogens (primary N) is 2. The minimum Gasteiger partial charge on any atom is -0.397 e. The molecule has 0 aliphatic carbocycles. The number of para-hydroxylation sites is 2. The number of nitrogen functional groups attached to an aromatic ring is 2. The van der Waals surface area contributed by atoms with Crippen LogP contribution in [-0.4, -0.2) is 9.97 Å². The standard InChI is InChI=1S/C10H11N5/c11-8-3-1-2-4-9(8)15-7-5-13-10(12)14-6-7/h1-6,15H,11H2,(H2,12,13,14). The Morgan fingerprint density at radius 1 is 1.00 bits per heavy atom. The van der Waals surface area contributed by atoms with Gasteiger partial charge in [0.1, 0.15) is 0 Å². The van der Waals surface area contributed by atoms with Crippen LogP contribution < -0.4 is 16.8 Å². The highest BCUT2D eigenvalue weighted by Crippen LogP contribution is 2.21. The number of nitrogens with one attached hydrogen (secondary N) is 1. The third kappa shape index (κ3) is 2.14. The maximum Gasteiger partial charge on any atom is 0.220 e. The van der Waals surface area contributed by atoms with E-state index in [9.17, 15) is 0 Å². The molecule has 5 heteroatoms. The number of hydrogen-bond acceptors (Lipinski definition) is 5. The molecular weight excluding hydrogens is 190 g/mol. The lowest BCUT2D eigenvalue weighted by Gasteiger charge is -2.07. The average molecular weight is 201 g/mol. The predicted molar refractivity (Wildman–Crippen MR) is 60.6 cm³/mol. The van der Waals surface area contributed by atoms with Crippen LogP contribution in [0.25, 0.3) is 0 Å². The molecule has 2 rings (SSSR count). The van der Waals surface area contributed by atoms with Crippen molar-refractivity contribution in [2.75, 3.05) is 16.8 Å². The van der Waals surface area contributed by atoms with Gasteiger partial charge in [0, 0.05) is 0 Å². The third-order valence-electron chi connectivity index (χ3n) is 1.91. The summed E-state index contributed by atoms with van der Waals surface area (Å²) in [5.41, 5.74) is 13.4. The number of hydrogen-bond donors (Lipinski definition) is 3. The summed E-state index contributed by atoms with van der Waals surface area (Å²) in [5.74, 6) is 0.251. The van der Waals surface area contributed by atoms with Gasteiger partial charge in [-0.3, -0.25) is 0 Å². The number of benzene rings is 1. The van der Waals surface area contributed by atoms with E-state index in [1.807, 2.05) is 24.3 Å². The van der Waals surface area contributed by atoms with Gasteiger partial charge >= 0.3 is 0 Å². The van der Waals surface area contributed by atoms with E-state index in [0.717, 1.165) is 11.4 Å². The first kappa shape index (κ1) is 9.26. The van der Waals surface area contributed by atoms with Gasteiger partial charge < -0.3 is 16.8 Å². The molecule has 0 amide bonds. The normalized spacial score (nSPS) is 9.87. The molecule has 1 heterocycles. The highest BCUT2D eigenvalue weighted by atomic mass is 15.0. The molecule has 1 aromatic carbocycles. The number of rotatable bonds is 2. The van der Waals surface area contributed by atoms with Crippen LogP contribution in [0.2, 0.25) is 0 Å². The Kier molecular flexibility index (Phi) is 2.37. The molecule has 0 atom stereocenters. The van der Waals surface area contributed by atoms with Crippen LogP contribution in [0, 0.1) is 0 Å². The molecule has 5 N–H and O–H groups in total. The molecule has 0 unspecified atom stereocenters. The van der Waals surface area contributed by atoms with E-state index >= 15 is 0 Å². The molecule has 0 fully saturated rings. The van der Waals surface area contributed by atoms with Crippen molar-refractivity contribution in [1.29, 1.82) is 0 Å². The number of anilines is 4. The van der Waals surface area contributed by atoms with Crippen molar-refractivity contribution in [1.82, 2.24) is 9.97 Å². The lowest BCUT2D eigenvalue weighted by Crippen LogP contribution is -1.99. The minimum absolute atomic E-state index is 0.251. The predicted octanol–water partition coefficient (Wildman–Crippen LogP) is 1.38. The second-order valence-corrected chi connectivity index (χ2v) is 3.04. The van der Waals surface area contributed by atoms with Crippen molar-refractivity contribution < 1.29 is 0 Å². The third-order valence-corrected chi connectivity index (χ3v) is 1.91. The number of aromatic nitrogens is 2. The van der Waals surface area contributed by atoms with E-state index in [1.54, 1.807) is 12.4 Å². The molecule has 5 nitrogen and oxygen atoms in total. The Bertz CT molecular complexity index is 452. The molecule has 15 heavy (non-hydrogen) atoms. The molecule has 0 aliphatic heterocycles. The second-order valence-electron chi connectivity index (χ2n) is 3.04. The van der Waals surface area contributed by atoms with E-state index < -0.39 is 0 Å². The fraction of sp³-hybridized carbons (Fsp3) is 0. The molecule has 0 saturated heterocycles. The Morgan fingerprint density at radius 2 is 1.67 bits per heavy atom. The SMILES string of the molecule is Nc1ncc(Nc2ccccc2N)cn1. The van der Waals surface area contributed by atoms with Gasteiger partial charge in [-0.1, -0.05) is 12.1 Å². The fourth-order valence-electron chi connectivity index (χ4n) is 1.17. The average Bonchev–Trinajstić information content (AvgIpc) is 2.25. The molecule has 0 bridgehead atoms. The zero-order valence-corrected chi connectivity index (χ0v) is 8.01. The quantitative estimate of drug-likeness (QED) is 0.639. The maximum absolute atomic E-state index is 5.77. The Morgan fingerprint density at radius 3 is 2.33 bits per heavy atom. The Hall–Kier alpha value is -2.30. The van der Waals surface area contributed by atoms with Crippen molar-refractivity contribution in [2.45, 2.75) is 0 Å². The van der Waals surface area contributed by atoms with E-state index in [2.05, 4.69) is 15.3 Å². The molecule has 0 aliphatic rings. The molecule has 76 valence electrons. The van der Waals surface area contributed by atoms with Crippen LogP contribution in [0.3, 0.4) is 0 Å². The highest BCUT2D eigenvalue weighted by molar-refractivity contribution is 5.71. The van der Waals surface area contributed by atoms with Crippen LogP contribution in [0.15, 0.2) is 36.7 Å². The zero-order valence-electron chi connectivity index (χ0n) is 8.01. The monoisotopic (exact) mass is 201 g/mol. The highest BCUT2D eigenvalue weighted by Gasteiger charge is 1.98. The fourth-order valence-corrected chi connectivity index (χ4v) is 1.17. The van der Waals surface area contributed by atoms with Gasteiger partial charge in [-0.25, -0.2) is 9.97 Å². The van der Waals surface area contributed by atoms with Gasteiger partial charge in [0.15, 0.2) is 0 Å². The summed E-state index contributed by atoms with van der Waals surface area (Å²) in [5, 5.41) is 3.09. The van der Waals surface area contributed by atoms with Crippen molar-refractivity contribution in [3.05, 3.63) is 36.7 Å². The van der Waals surface area contributed by atoms with Gasteiger partial charge in [-0.2, -0.15) is 0 Å². The van der Waals surface area contributed by atoms with Gasteiger partial charge in [-0.05, 0) is 12.1 Å². The topological polar surface area (TPSA) is 89.8 Å². The first-order valence-corrected chi connectivity index (χ1v) is 4.45. The first-order valence-electron chi connectivity index (χ1n) is 4.45. The van der Waals surface area contributed by atoms with Crippen molar-refractivity contribution in [3.63, 3.8) is 0 Å². The summed E-state index contributed by atoms with van der Waals surface area (Å²) >= 11 is 0. The molecule has 0 radical (unpaired) electrons. The summed E-state index contributed by atoms with van der Waals surface area (Å²) in [6, 6.07) is 7.48.